The molecular weight excluding hydrogens is 243 g/mol. The number of aromatic hydroxyl groups is 1. The Morgan fingerprint density at radius 1 is 1.18 bits per heavy atom. The van der Waals surface area contributed by atoms with Crippen molar-refractivity contribution in [1.29, 1.82) is 0 Å². The van der Waals surface area contributed by atoms with E-state index < -0.39 is 11.6 Å². The first-order chi connectivity index (χ1) is 8.08. The molecule has 0 heterocycles. The SMILES string of the molecule is O=C(c1cccc(F)c1)c1cc(Cl)ccc1O. The molecule has 2 aromatic rings. The van der Waals surface area contributed by atoms with Gasteiger partial charge in [-0.1, -0.05) is 23.7 Å². The largest absolute Gasteiger partial charge is 0.507 e. The van der Waals surface area contributed by atoms with Crippen molar-refractivity contribution < 1.29 is 14.3 Å². The van der Waals surface area contributed by atoms with Crippen molar-refractivity contribution in [3.8, 4) is 5.75 Å². The van der Waals surface area contributed by atoms with Crippen LogP contribution in [0.25, 0.3) is 0 Å². The summed E-state index contributed by atoms with van der Waals surface area (Å²) >= 11 is 5.74. The molecule has 0 aromatic heterocycles. The van der Waals surface area contributed by atoms with Crippen molar-refractivity contribution in [3.63, 3.8) is 0 Å². The lowest BCUT2D eigenvalue weighted by Crippen LogP contribution is -2.02. The van der Waals surface area contributed by atoms with E-state index in [-0.39, 0.29) is 16.9 Å². The fourth-order valence-electron chi connectivity index (χ4n) is 1.48. The maximum Gasteiger partial charge on any atom is 0.196 e. The summed E-state index contributed by atoms with van der Waals surface area (Å²) in [4.78, 5) is 12.0. The average molecular weight is 251 g/mol. The molecule has 0 atom stereocenters. The molecule has 0 aliphatic rings. The summed E-state index contributed by atoms with van der Waals surface area (Å²) in [6.45, 7) is 0. The summed E-state index contributed by atoms with van der Waals surface area (Å²) in [5.41, 5.74) is 0.227. The molecule has 0 fully saturated rings. The highest BCUT2D eigenvalue weighted by molar-refractivity contribution is 6.31. The van der Waals surface area contributed by atoms with E-state index in [1.165, 1.54) is 36.4 Å². The van der Waals surface area contributed by atoms with Gasteiger partial charge in [0.25, 0.3) is 0 Å². The lowest BCUT2D eigenvalue weighted by atomic mass is 10.0. The maximum atomic E-state index is 13.0. The second-order valence-electron chi connectivity index (χ2n) is 3.50. The number of carbonyl (C=O) groups is 1. The van der Waals surface area contributed by atoms with E-state index in [9.17, 15) is 14.3 Å². The number of benzene rings is 2. The third kappa shape index (κ3) is 2.45. The third-order valence-corrected chi connectivity index (χ3v) is 2.53. The van der Waals surface area contributed by atoms with E-state index in [4.69, 9.17) is 11.6 Å². The Morgan fingerprint density at radius 3 is 2.65 bits per heavy atom. The smallest absolute Gasteiger partial charge is 0.196 e. The topological polar surface area (TPSA) is 37.3 Å². The Labute approximate surface area is 102 Å². The molecule has 2 rings (SSSR count). The minimum Gasteiger partial charge on any atom is -0.507 e. The van der Waals surface area contributed by atoms with Crippen LogP contribution in [0.2, 0.25) is 5.02 Å². The van der Waals surface area contributed by atoms with Crippen LogP contribution in [0.1, 0.15) is 15.9 Å². The first-order valence-electron chi connectivity index (χ1n) is 4.87. The molecule has 0 spiro atoms. The van der Waals surface area contributed by atoms with Gasteiger partial charge in [-0.2, -0.15) is 0 Å². The average Bonchev–Trinajstić information content (AvgIpc) is 2.31. The van der Waals surface area contributed by atoms with Gasteiger partial charge >= 0.3 is 0 Å². The Hall–Kier alpha value is -1.87. The summed E-state index contributed by atoms with van der Waals surface area (Å²) in [5, 5.41) is 9.90. The number of rotatable bonds is 2. The van der Waals surface area contributed by atoms with Gasteiger partial charge in [-0.15, -0.1) is 0 Å². The van der Waals surface area contributed by atoms with E-state index in [0.29, 0.717) is 5.02 Å². The standard InChI is InChI=1S/C13H8ClFO2/c14-9-4-5-12(16)11(7-9)13(17)8-2-1-3-10(15)6-8/h1-7,16H. The van der Waals surface area contributed by atoms with Gasteiger partial charge in [0.2, 0.25) is 0 Å². The minimum absolute atomic E-state index is 0.0584. The van der Waals surface area contributed by atoms with Crippen LogP contribution in [-0.2, 0) is 0 Å². The van der Waals surface area contributed by atoms with Gasteiger partial charge < -0.3 is 5.11 Å². The second kappa shape index (κ2) is 4.55. The van der Waals surface area contributed by atoms with Crippen molar-refractivity contribution in [2.24, 2.45) is 0 Å². The van der Waals surface area contributed by atoms with Gasteiger partial charge in [-0.3, -0.25) is 4.79 Å². The highest BCUT2D eigenvalue weighted by atomic mass is 35.5. The van der Waals surface area contributed by atoms with Crippen LogP contribution in [0.5, 0.6) is 5.75 Å². The monoisotopic (exact) mass is 250 g/mol. The first kappa shape index (κ1) is 11.6. The van der Waals surface area contributed by atoms with Crippen LogP contribution in [0.4, 0.5) is 4.39 Å². The predicted octanol–water partition coefficient (Wildman–Crippen LogP) is 3.42. The number of hydrogen-bond acceptors (Lipinski definition) is 2. The molecule has 0 saturated carbocycles. The summed E-state index contributed by atoms with van der Waals surface area (Å²) in [6.07, 6.45) is 0. The molecule has 0 aliphatic heterocycles. The fraction of sp³-hybridized carbons (Fsp3) is 0. The Bertz CT molecular complexity index is 581. The molecular formula is C13H8ClFO2. The van der Waals surface area contributed by atoms with Crippen molar-refractivity contribution in [3.05, 3.63) is 64.4 Å². The number of hydrogen-bond donors (Lipinski definition) is 1. The van der Waals surface area contributed by atoms with Gasteiger partial charge in [-0.25, -0.2) is 4.39 Å². The number of carbonyl (C=O) groups excluding carboxylic acids is 1. The van der Waals surface area contributed by atoms with Crippen LogP contribution >= 0.6 is 11.6 Å². The van der Waals surface area contributed by atoms with E-state index in [1.54, 1.807) is 0 Å². The van der Waals surface area contributed by atoms with Crippen LogP contribution < -0.4 is 0 Å². The van der Waals surface area contributed by atoms with Crippen LogP contribution in [0.15, 0.2) is 42.5 Å². The Balaban J connectivity index is 2.47. The van der Waals surface area contributed by atoms with Crippen LogP contribution in [-0.4, -0.2) is 10.9 Å². The van der Waals surface area contributed by atoms with E-state index >= 15 is 0 Å². The van der Waals surface area contributed by atoms with E-state index in [2.05, 4.69) is 0 Å². The number of ketones is 1. The first-order valence-corrected chi connectivity index (χ1v) is 5.24. The Morgan fingerprint density at radius 2 is 1.94 bits per heavy atom. The van der Waals surface area contributed by atoms with Gasteiger partial charge in [0.05, 0.1) is 5.56 Å². The third-order valence-electron chi connectivity index (χ3n) is 2.29. The molecule has 0 unspecified atom stereocenters. The minimum atomic E-state index is -0.502. The molecule has 0 saturated heterocycles. The normalized spacial score (nSPS) is 10.2. The van der Waals surface area contributed by atoms with E-state index in [1.807, 2.05) is 0 Å². The van der Waals surface area contributed by atoms with E-state index in [0.717, 1.165) is 6.07 Å². The number of halogens is 2. The second-order valence-corrected chi connectivity index (χ2v) is 3.94. The number of phenols is 1. The maximum absolute atomic E-state index is 13.0. The zero-order valence-electron chi connectivity index (χ0n) is 8.65. The lowest BCUT2D eigenvalue weighted by molar-refractivity contribution is 0.103. The molecule has 0 amide bonds. The van der Waals surface area contributed by atoms with Crippen molar-refractivity contribution in [2.45, 2.75) is 0 Å². The molecule has 1 N–H and O–H groups in total. The van der Waals surface area contributed by atoms with Gasteiger partial charge in [0.1, 0.15) is 11.6 Å². The molecule has 86 valence electrons. The molecule has 0 aliphatic carbocycles. The fourth-order valence-corrected chi connectivity index (χ4v) is 1.65. The Kier molecular flexibility index (Phi) is 3.11. The lowest BCUT2D eigenvalue weighted by Gasteiger charge is -2.04. The zero-order chi connectivity index (χ0) is 12.4. The number of phenolic OH excluding ortho intramolecular Hbond substituents is 1. The zero-order valence-corrected chi connectivity index (χ0v) is 9.41. The molecule has 0 bridgehead atoms. The van der Waals surface area contributed by atoms with Crippen LogP contribution in [0, 0.1) is 5.82 Å². The highest BCUT2D eigenvalue weighted by Crippen LogP contribution is 2.24. The summed E-state index contributed by atoms with van der Waals surface area (Å²) in [6, 6.07) is 9.42. The van der Waals surface area contributed by atoms with Crippen LogP contribution in [0.3, 0.4) is 0 Å². The van der Waals surface area contributed by atoms with Crippen molar-refractivity contribution >= 4 is 17.4 Å². The predicted molar refractivity (Wildman–Crippen MR) is 62.9 cm³/mol. The van der Waals surface area contributed by atoms with Gasteiger partial charge in [0.15, 0.2) is 5.78 Å². The highest BCUT2D eigenvalue weighted by Gasteiger charge is 2.14. The van der Waals surface area contributed by atoms with Gasteiger partial charge in [-0.05, 0) is 30.3 Å². The van der Waals surface area contributed by atoms with Gasteiger partial charge in [0, 0.05) is 10.6 Å². The summed E-state index contributed by atoms with van der Waals surface area (Å²) in [5.74, 6) is -1.15. The molecule has 0 radical (unpaired) electrons. The summed E-state index contributed by atoms with van der Waals surface area (Å²) < 4.78 is 13.0. The molecule has 17 heavy (non-hydrogen) atoms. The van der Waals surface area contributed by atoms with Crippen molar-refractivity contribution in [2.75, 3.05) is 0 Å². The van der Waals surface area contributed by atoms with Crippen molar-refractivity contribution in [1.82, 2.24) is 0 Å². The molecule has 2 aromatic carbocycles. The summed E-state index contributed by atoms with van der Waals surface area (Å²) in [7, 11) is 0. The quantitative estimate of drug-likeness (QED) is 0.830. The molecule has 4 heteroatoms. The molecule has 2 nitrogen and oxygen atoms in total.